The number of hydrogen-bond donors (Lipinski definition) is 3. The number of thioether (sulfide) groups is 1. The first-order valence-electron chi connectivity index (χ1n) is 8.79. The molecule has 0 aliphatic heterocycles. The molecule has 0 aliphatic carbocycles. The van der Waals surface area contributed by atoms with Gasteiger partial charge in [-0.2, -0.15) is 5.10 Å². The molecule has 3 aromatic rings. The number of carbonyl (C=O) groups excluding carboxylic acids is 1. The molecule has 0 spiro atoms. The van der Waals surface area contributed by atoms with E-state index < -0.39 is 5.82 Å². The standard InChI is InChI=1S/C19H20FN7O2S/c1-12-9-14(29-2)7-8-16(12)23-17(28)11-30-19-26-25-18(27(19)21)24-22-10-13-5-3-4-6-15(13)20/h3-10H,11,21H2,1-2H3,(H,23,28)(H,24,25)/b22-10+. The van der Waals surface area contributed by atoms with Crippen molar-refractivity contribution in [2.75, 3.05) is 29.4 Å². The van der Waals surface area contributed by atoms with E-state index in [4.69, 9.17) is 10.6 Å². The third-order valence-corrected chi connectivity index (χ3v) is 4.92. The van der Waals surface area contributed by atoms with Gasteiger partial charge in [-0.25, -0.2) is 14.5 Å². The molecular formula is C19H20FN7O2S. The summed E-state index contributed by atoms with van der Waals surface area (Å²) >= 11 is 1.12. The molecule has 0 saturated carbocycles. The highest BCUT2D eigenvalue weighted by Gasteiger charge is 2.13. The number of amides is 1. The molecule has 0 saturated heterocycles. The van der Waals surface area contributed by atoms with Crippen molar-refractivity contribution in [2.45, 2.75) is 12.1 Å². The summed E-state index contributed by atoms with van der Waals surface area (Å²) in [5.74, 6) is 6.26. The van der Waals surface area contributed by atoms with Crippen LogP contribution in [0.25, 0.3) is 0 Å². The van der Waals surface area contributed by atoms with Crippen molar-refractivity contribution in [3.8, 4) is 5.75 Å². The fourth-order valence-corrected chi connectivity index (χ4v) is 3.07. The van der Waals surface area contributed by atoms with E-state index in [0.717, 1.165) is 22.0 Å². The van der Waals surface area contributed by atoms with E-state index in [1.54, 1.807) is 37.4 Å². The van der Waals surface area contributed by atoms with Gasteiger partial charge >= 0.3 is 0 Å². The van der Waals surface area contributed by atoms with E-state index in [9.17, 15) is 9.18 Å². The summed E-state index contributed by atoms with van der Waals surface area (Å²) in [7, 11) is 1.58. The summed E-state index contributed by atoms with van der Waals surface area (Å²) in [6.45, 7) is 1.88. The van der Waals surface area contributed by atoms with Crippen molar-refractivity contribution in [2.24, 2.45) is 5.10 Å². The molecule has 2 aromatic carbocycles. The lowest BCUT2D eigenvalue weighted by molar-refractivity contribution is -0.113. The van der Waals surface area contributed by atoms with Crippen LogP contribution in [0.2, 0.25) is 0 Å². The molecule has 0 unspecified atom stereocenters. The van der Waals surface area contributed by atoms with Gasteiger partial charge in [0.05, 0.1) is 19.1 Å². The Balaban J connectivity index is 1.54. The highest BCUT2D eigenvalue weighted by Crippen LogP contribution is 2.22. The first kappa shape index (κ1) is 21.1. The highest BCUT2D eigenvalue weighted by atomic mass is 32.2. The highest BCUT2D eigenvalue weighted by molar-refractivity contribution is 7.99. The molecule has 4 N–H and O–H groups in total. The zero-order chi connectivity index (χ0) is 21.5. The summed E-state index contributed by atoms with van der Waals surface area (Å²) in [5.41, 5.74) is 4.49. The van der Waals surface area contributed by atoms with Gasteiger partial charge in [-0.1, -0.05) is 30.0 Å². The molecule has 0 atom stereocenters. The van der Waals surface area contributed by atoms with Crippen LogP contribution in [0, 0.1) is 12.7 Å². The Morgan fingerprint density at radius 2 is 2.13 bits per heavy atom. The summed E-state index contributed by atoms with van der Waals surface area (Å²) in [4.78, 5) is 12.2. The maximum atomic E-state index is 13.6. The second-order valence-electron chi connectivity index (χ2n) is 6.09. The smallest absolute Gasteiger partial charge is 0.264 e. The quantitative estimate of drug-likeness (QED) is 0.218. The van der Waals surface area contributed by atoms with Crippen molar-refractivity contribution >= 4 is 35.5 Å². The van der Waals surface area contributed by atoms with Gasteiger partial charge in [0, 0.05) is 11.3 Å². The predicted octanol–water partition coefficient (Wildman–Crippen LogP) is 2.62. The molecule has 0 radical (unpaired) electrons. The van der Waals surface area contributed by atoms with Gasteiger partial charge < -0.3 is 15.9 Å². The average Bonchev–Trinajstić information content (AvgIpc) is 3.09. The molecule has 1 aromatic heterocycles. The number of nitrogen functional groups attached to an aromatic ring is 1. The lowest BCUT2D eigenvalue weighted by atomic mass is 10.2. The lowest BCUT2D eigenvalue weighted by Crippen LogP contribution is -2.17. The number of aromatic nitrogens is 3. The van der Waals surface area contributed by atoms with Crippen molar-refractivity contribution in [1.29, 1.82) is 0 Å². The molecule has 11 heteroatoms. The monoisotopic (exact) mass is 429 g/mol. The van der Waals surface area contributed by atoms with E-state index in [2.05, 4.69) is 26.0 Å². The van der Waals surface area contributed by atoms with Gasteiger partial charge in [0.2, 0.25) is 11.1 Å². The average molecular weight is 429 g/mol. The van der Waals surface area contributed by atoms with Crippen molar-refractivity contribution in [3.05, 3.63) is 59.4 Å². The van der Waals surface area contributed by atoms with E-state index in [1.807, 2.05) is 13.0 Å². The number of benzene rings is 2. The third-order valence-electron chi connectivity index (χ3n) is 3.98. The van der Waals surface area contributed by atoms with E-state index >= 15 is 0 Å². The number of hydrogen-bond acceptors (Lipinski definition) is 8. The Morgan fingerprint density at radius 1 is 1.33 bits per heavy atom. The van der Waals surface area contributed by atoms with E-state index in [1.165, 1.54) is 12.3 Å². The van der Waals surface area contributed by atoms with Gasteiger partial charge in [-0.15, -0.1) is 10.2 Å². The molecular weight excluding hydrogens is 409 g/mol. The number of halogens is 1. The van der Waals surface area contributed by atoms with Crippen LogP contribution in [0.5, 0.6) is 5.75 Å². The van der Waals surface area contributed by atoms with Crippen LogP contribution in [0.15, 0.2) is 52.7 Å². The van der Waals surface area contributed by atoms with E-state index in [-0.39, 0.29) is 17.6 Å². The van der Waals surface area contributed by atoms with Crippen LogP contribution in [0.4, 0.5) is 16.0 Å². The maximum absolute atomic E-state index is 13.6. The third kappa shape index (κ3) is 5.26. The number of rotatable bonds is 8. The Morgan fingerprint density at radius 3 is 2.87 bits per heavy atom. The van der Waals surface area contributed by atoms with Crippen LogP contribution in [0.3, 0.4) is 0 Å². The minimum Gasteiger partial charge on any atom is -0.497 e. The van der Waals surface area contributed by atoms with Crippen LogP contribution in [0.1, 0.15) is 11.1 Å². The summed E-state index contributed by atoms with van der Waals surface area (Å²) in [5, 5.41) is 14.8. The van der Waals surface area contributed by atoms with Crippen molar-refractivity contribution in [3.63, 3.8) is 0 Å². The summed E-state index contributed by atoms with van der Waals surface area (Å²) in [6.07, 6.45) is 1.31. The summed E-state index contributed by atoms with van der Waals surface area (Å²) in [6, 6.07) is 11.6. The Kier molecular flexibility index (Phi) is 6.86. The fourth-order valence-electron chi connectivity index (χ4n) is 2.41. The number of ether oxygens (including phenoxy) is 1. The number of hydrazone groups is 1. The topological polar surface area (TPSA) is 119 Å². The zero-order valence-electron chi connectivity index (χ0n) is 16.3. The molecule has 0 fully saturated rings. The van der Waals surface area contributed by atoms with Gasteiger partial charge in [-0.05, 0) is 36.8 Å². The number of aryl methyl sites for hydroxylation is 1. The largest absolute Gasteiger partial charge is 0.497 e. The van der Waals surface area contributed by atoms with Crippen LogP contribution in [-0.4, -0.2) is 39.9 Å². The Hall–Kier alpha value is -3.60. The molecule has 9 nitrogen and oxygen atoms in total. The number of nitrogens with one attached hydrogen (secondary N) is 2. The Labute approximate surface area is 176 Å². The summed E-state index contributed by atoms with van der Waals surface area (Å²) < 4.78 is 19.9. The minimum absolute atomic E-state index is 0.0826. The Bertz CT molecular complexity index is 1070. The van der Waals surface area contributed by atoms with Gasteiger partial charge in [0.25, 0.3) is 5.95 Å². The van der Waals surface area contributed by atoms with Crippen molar-refractivity contribution < 1.29 is 13.9 Å². The normalized spacial score (nSPS) is 10.9. The van der Waals surface area contributed by atoms with Crippen LogP contribution < -0.4 is 21.3 Å². The fraction of sp³-hybridized carbons (Fsp3) is 0.158. The molecule has 156 valence electrons. The second kappa shape index (κ2) is 9.74. The number of nitrogens with two attached hydrogens (primary N) is 1. The number of carbonyl (C=O) groups is 1. The van der Waals surface area contributed by atoms with Crippen LogP contribution >= 0.6 is 11.8 Å². The molecule has 30 heavy (non-hydrogen) atoms. The number of nitrogens with zero attached hydrogens (tertiary/aromatic N) is 4. The molecule has 0 bridgehead atoms. The second-order valence-corrected chi connectivity index (χ2v) is 7.03. The molecule has 1 amide bonds. The van der Waals surface area contributed by atoms with Gasteiger partial charge in [0.1, 0.15) is 11.6 Å². The number of methoxy groups -OCH3 is 1. The molecule has 3 rings (SSSR count). The minimum atomic E-state index is -0.397. The van der Waals surface area contributed by atoms with Crippen LogP contribution in [-0.2, 0) is 4.79 Å². The number of anilines is 2. The lowest BCUT2D eigenvalue weighted by Gasteiger charge is -2.09. The predicted molar refractivity (Wildman–Crippen MR) is 115 cm³/mol. The van der Waals surface area contributed by atoms with Gasteiger partial charge in [-0.3, -0.25) is 4.79 Å². The van der Waals surface area contributed by atoms with Crippen molar-refractivity contribution in [1.82, 2.24) is 14.9 Å². The zero-order valence-corrected chi connectivity index (χ0v) is 17.1. The first-order chi connectivity index (χ1) is 14.5. The SMILES string of the molecule is COc1ccc(NC(=O)CSc2nnc(N/N=C/c3ccccc3F)n2N)c(C)c1. The molecule has 1 heterocycles. The van der Waals surface area contributed by atoms with Gasteiger partial charge in [0.15, 0.2) is 0 Å². The van der Waals surface area contributed by atoms with E-state index in [0.29, 0.717) is 22.2 Å². The maximum Gasteiger partial charge on any atom is 0.264 e. The first-order valence-corrected chi connectivity index (χ1v) is 9.78. The molecule has 0 aliphatic rings.